The largest absolute Gasteiger partial charge is 0.313 e. The molecule has 0 aliphatic rings. The second-order valence-electron chi connectivity index (χ2n) is 4.69. The van der Waals surface area contributed by atoms with E-state index in [1.165, 1.54) is 6.07 Å². The Hall–Kier alpha value is -0.910. The van der Waals surface area contributed by atoms with Crippen LogP contribution in [0.15, 0.2) is 22.7 Å². The molecule has 0 fully saturated rings. The van der Waals surface area contributed by atoms with Gasteiger partial charge in [-0.25, -0.2) is 4.39 Å². The molecule has 3 nitrogen and oxygen atoms in total. The monoisotopic (exact) mass is 359 g/mol. The zero-order valence-electron chi connectivity index (χ0n) is 11.5. The highest BCUT2D eigenvalue weighted by Gasteiger charge is 2.18. The number of aromatic nitrogens is 2. The summed E-state index contributed by atoms with van der Waals surface area (Å²) in [6.07, 6.45) is 0.647. The van der Waals surface area contributed by atoms with Crippen molar-refractivity contribution in [2.24, 2.45) is 7.05 Å². The SMILES string of the molecule is CNC(Cc1c(Cl)c(C)nn1C)c1ccc(Br)c(F)c1. The Morgan fingerprint density at radius 3 is 2.70 bits per heavy atom. The zero-order chi connectivity index (χ0) is 14.9. The summed E-state index contributed by atoms with van der Waals surface area (Å²) < 4.78 is 15.9. The first kappa shape index (κ1) is 15.5. The van der Waals surface area contributed by atoms with Crippen molar-refractivity contribution in [3.63, 3.8) is 0 Å². The van der Waals surface area contributed by atoms with E-state index in [1.54, 1.807) is 10.7 Å². The van der Waals surface area contributed by atoms with Crippen LogP contribution in [0, 0.1) is 12.7 Å². The summed E-state index contributed by atoms with van der Waals surface area (Å²) >= 11 is 9.43. The molecule has 1 N–H and O–H groups in total. The van der Waals surface area contributed by atoms with E-state index < -0.39 is 0 Å². The molecule has 2 aromatic rings. The lowest BCUT2D eigenvalue weighted by Crippen LogP contribution is -2.20. The molecule has 6 heteroatoms. The average molecular weight is 361 g/mol. The molecule has 1 aromatic heterocycles. The van der Waals surface area contributed by atoms with E-state index in [9.17, 15) is 4.39 Å². The molecule has 0 spiro atoms. The predicted octanol–water partition coefficient (Wildman–Crippen LogP) is 3.79. The number of likely N-dealkylation sites (N-methyl/N-ethyl adjacent to an activating group) is 1. The van der Waals surface area contributed by atoms with Gasteiger partial charge in [0.25, 0.3) is 0 Å². The summed E-state index contributed by atoms with van der Waals surface area (Å²) in [5, 5.41) is 8.17. The fraction of sp³-hybridized carbons (Fsp3) is 0.357. The van der Waals surface area contributed by atoms with Crippen molar-refractivity contribution in [3.8, 4) is 0 Å². The predicted molar refractivity (Wildman–Crippen MR) is 82.6 cm³/mol. The minimum atomic E-state index is -0.268. The van der Waals surface area contributed by atoms with Crippen molar-refractivity contribution in [2.75, 3.05) is 7.05 Å². The van der Waals surface area contributed by atoms with Crippen molar-refractivity contribution in [3.05, 3.63) is 50.5 Å². The Balaban J connectivity index is 2.31. The van der Waals surface area contributed by atoms with Gasteiger partial charge in [0.1, 0.15) is 5.82 Å². The van der Waals surface area contributed by atoms with Crippen molar-refractivity contribution in [1.29, 1.82) is 0 Å². The molecule has 2 rings (SSSR count). The van der Waals surface area contributed by atoms with E-state index in [0.29, 0.717) is 15.9 Å². The molecular weight excluding hydrogens is 345 g/mol. The summed E-state index contributed by atoms with van der Waals surface area (Å²) in [5.74, 6) is -0.268. The number of benzene rings is 1. The maximum atomic E-state index is 13.7. The third-order valence-corrected chi connectivity index (χ3v) is 4.49. The summed E-state index contributed by atoms with van der Waals surface area (Å²) in [5.41, 5.74) is 2.62. The van der Waals surface area contributed by atoms with Crippen LogP contribution in [0.1, 0.15) is 23.0 Å². The van der Waals surface area contributed by atoms with E-state index >= 15 is 0 Å². The zero-order valence-corrected chi connectivity index (χ0v) is 13.9. The highest BCUT2D eigenvalue weighted by atomic mass is 79.9. The molecule has 0 aliphatic carbocycles. The maximum Gasteiger partial charge on any atom is 0.137 e. The van der Waals surface area contributed by atoms with E-state index in [0.717, 1.165) is 17.0 Å². The second kappa shape index (κ2) is 6.24. The van der Waals surface area contributed by atoms with Crippen molar-refractivity contribution in [2.45, 2.75) is 19.4 Å². The normalized spacial score (nSPS) is 12.7. The lowest BCUT2D eigenvalue weighted by atomic mass is 10.0. The Morgan fingerprint density at radius 1 is 1.50 bits per heavy atom. The third kappa shape index (κ3) is 3.05. The van der Waals surface area contributed by atoms with Crippen molar-refractivity contribution in [1.82, 2.24) is 15.1 Å². The second-order valence-corrected chi connectivity index (χ2v) is 5.92. The topological polar surface area (TPSA) is 29.9 Å². The maximum absolute atomic E-state index is 13.7. The van der Waals surface area contributed by atoms with Gasteiger partial charge in [0.15, 0.2) is 0 Å². The average Bonchev–Trinajstić information content (AvgIpc) is 2.65. The Bertz CT molecular complexity index is 627. The van der Waals surface area contributed by atoms with Crippen LogP contribution in [0.5, 0.6) is 0 Å². The van der Waals surface area contributed by atoms with Crippen LogP contribution in [0.25, 0.3) is 0 Å². The van der Waals surface area contributed by atoms with E-state index in [4.69, 9.17) is 11.6 Å². The molecule has 0 saturated heterocycles. The van der Waals surface area contributed by atoms with Gasteiger partial charge in [-0.1, -0.05) is 17.7 Å². The number of nitrogens with one attached hydrogen (secondary N) is 1. The molecule has 0 bridgehead atoms. The van der Waals surface area contributed by atoms with Gasteiger partial charge < -0.3 is 5.32 Å². The fourth-order valence-electron chi connectivity index (χ4n) is 2.21. The molecular formula is C14H16BrClFN3. The molecule has 108 valence electrons. The Labute approximate surface area is 131 Å². The summed E-state index contributed by atoms with van der Waals surface area (Å²) in [7, 11) is 3.71. The summed E-state index contributed by atoms with van der Waals surface area (Å²) in [6, 6.07) is 5.11. The van der Waals surface area contributed by atoms with Gasteiger partial charge in [-0.05, 0) is 47.6 Å². The molecule has 0 radical (unpaired) electrons. The first-order valence-corrected chi connectivity index (χ1v) is 7.41. The molecule has 1 unspecified atom stereocenters. The van der Waals surface area contributed by atoms with Gasteiger partial charge in [0.2, 0.25) is 0 Å². The Morgan fingerprint density at radius 2 is 2.20 bits per heavy atom. The molecule has 1 heterocycles. The van der Waals surface area contributed by atoms with Crippen LogP contribution in [0.2, 0.25) is 5.02 Å². The molecule has 20 heavy (non-hydrogen) atoms. The lowest BCUT2D eigenvalue weighted by molar-refractivity contribution is 0.552. The van der Waals surface area contributed by atoms with Crippen LogP contribution in [0.3, 0.4) is 0 Å². The van der Waals surface area contributed by atoms with E-state index in [2.05, 4.69) is 26.3 Å². The smallest absolute Gasteiger partial charge is 0.137 e. The number of nitrogens with zero attached hydrogens (tertiary/aromatic N) is 2. The van der Waals surface area contributed by atoms with Crippen LogP contribution in [0.4, 0.5) is 4.39 Å². The lowest BCUT2D eigenvalue weighted by Gasteiger charge is -2.17. The van der Waals surface area contributed by atoms with Gasteiger partial charge in [-0.15, -0.1) is 0 Å². The minimum absolute atomic E-state index is 0.0232. The number of hydrogen-bond acceptors (Lipinski definition) is 2. The quantitative estimate of drug-likeness (QED) is 0.899. The van der Waals surface area contributed by atoms with Gasteiger partial charge >= 0.3 is 0 Å². The van der Waals surface area contributed by atoms with Crippen LogP contribution < -0.4 is 5.32 Å². The van der Waals surface area contributed by atoms with Crippen LogP contribution in [-0.2, 0) is 13.5 Å². The molecule has 0 saturated carbocycles. The van der Waals surface area contributed by atoms with E-state index in [-0.39, 0.29) is 11.9 Å². The Kier molecular flexibility index (Phi) is 4.83. The third-order valence-electron chi connectivity index (χ3n) is 3.35. The van der Waals surface area contributed by atoms with Gasteiger partial charge in [0, 0.05) is 19.5 Å². The summed E-state index contributed by atoms with van der Waals surface area (Å²) in [6.45, 7) is 1.87. The number of aryl methyl sites for hydroxylation is 2. The number of halogens is 3. The molecule has 0 aliphatic heterocycles. The van der Waals surface area contributed by atoms with Gasteiger partial charge in [-0.2, -0.15) is 5.10 Å². The number of hydrogen-bond donors (Lipinski definition) is 1. The van der Waals surface area contributed by atoms with E-state index in [1.807, 2.05) is 27.1 Å². The van der Waals surface area contributed by atoms with Gasteiger partial charge in [-0.3, -0.25) is 4.68 Å². The van der Waals surface area contributed by atoms with Gasteiger partial charge in [0.05, 0.1) is 20.9 Å². The summed E-state index contributed by atoms with van der Waals surface area (Å²) in [4.78, 5) is 0. The van der Waals surface area contributed by atoms with Crippen molar-refractivity contribution < 1.29 is 4.39 Å². The molecule has 1 atom stereocenters. The highest BCUT2D eigenvalue weighted by molar-refractivity contribution is 9.10. The standard InChI is InChI=1S/C14H16BrClFN3/c1-8-14(16)13(20(3)19-8)7-12(18-2)9-4-5-10(15)11(17)6-9/h4-6,12,18H,7H2,1-3H3. The van der Waals surface area contributed by atoms with Crippen LogP contribution >= 0.6 is 27.5 Å². The first-order valence-electron chi connectivity index (χ1n) is 6.24. The van der Waals surface area contributed by atoms with Crippen molar-refractivity contribution >= 4 is 27.5 Å². The minimum Gasteiger partial charge on any atom is -0.313 e. The first-order chi connectivity index (χ1) is 9.43. The molecule has 0 amide bonds. The molecule has 1 aromatic carbocycles. The highest BCUT2D eigenvalue weighted by Crippen LogP contribution is 2.27. The number of rotatable bonds is 4. The van der Waals surface area contributed by atoms with Crippen LogP contribution in [-0.4, -0.2) is 16.8 Å². The fourth-order valence-corrected chi connectivity index (χ4v) is 2.69.